The number of piperidine rings is 3. The minimum atomic E-state index is -0.576. The Kier molecular flexibility index (Phi) is 3.66. The number of nitrogens with zero attached hydrogens (tertiary/aromatic N) is 1. The molecule has 0 aromatic heterocycles. The number of fused-ring (bicyclic) bond motifs is 3. The molecule has 1 atom stereocenters. The quantitative estimate of drug-likeness (QED) is 0.854. The van der Waals surface area contributed by atoms with Gasteiger partial charge in [0, 0.05) is 12.2 Å². The van der Waals surface area contributed by atoms with Crippen molar-refractivity contribution in [2.24, 2.45) is 5.92 Å². The molecule has 1 aromatic rings. The summed E-state index contributed by atoms with van der Waals surface area (Å²) in [5.41, 5.74) is 0.419. The fourth-order valence-electron chi connectivity index (χ4n) is 3.53. The SMILES string of the molecule is CCOC(=O)C1(Nc2ccccc2)CN2CCC1CC2. The van der Waals surface area contributed by atoms with Crippen LogP contribution in [-0.2, 0) is 9.53 Å². The largest absolute Gasteiger partial charge is 0.464 e. The summed E-state index contributed by atoms with van der Waals surface area (Å²) >= 11 is 0. The summed E-state index contributed by atoms with van der Waals surface area (Å²) in [4.78, 5) is 15.0. The molecule has 1 unspecified atom stereocenters. The van der Waals surface area contributed by atoms with Crippen LogP contribution in [-0.4, -0.2) is 42.6 Å². The van der Waals surface area contributed by atoms with Gasteiger partial charge in [-0.15, -0.1) is 0 Å². The maximum atomic E-state index is 12.6. The Labute approximate surface area is 120 Å². The van der Waals surface area contributed by atoms with E-state index in [2.05, 4.69) is 10.2 Å². The molecule has 0 saturated carbocycles. The monoisotopic (exact) mass is 274 g/mol. The maximum absolute atomic E-state index is 12.6. The van der Waals surface area contributed by atoms with Gasteiger partial charge in [0.1, 0.15) is 0 Å². The third kappa shape index (κ3) is 2.29. The lowest BCUT2D eigenvalue weighted by Crippen LogP contribution is -2.67. The molecule has 3 heterocycles. The highest BCUT2D eigenvalue weighted by Crippen LogP contribution is 2.39. The van der Waals surface area contributed by atoms with Gasteiger partial charge in [0.15, 0.2) is 5.54 Å². The third-order valence-electron chi connectivity index (χ3n) is 4.54. The maximum Gasteiger partial charge on any atom is 0.333 e. The van der Waals surface area contributed by atoms with Crippen molar-refractivity contribution >= 4 is 11.7 Å². The molecule has 0 radical (unpaired) electrons. The molecule has 4 rings (SSSR count). The van der Waals surface area contributed by atoms with Crippen LogP contribution in [0, 0.1) is 5.92 Å². The number of hydrogen-bond donors (Lipinski definition) is 1. The van der Waals surface area contributed by atoms with Crippen LogP contribution in [0.15, 0.2) is 30.3 Å². The zero-order chi connectivity index (χ0) is 14.0. The van der Waals surface area contributed by atoms with Crippen LogP contribution in [0.5, 0.6) is 0 Å². The summed E-state index contributed by atoms with van der Waals surface area (Å²) in [6.07, 6.45) is 2.14. The van der Waals surface area contributed by atoms with E-state index in [4.69, 9.17) is 4.74 Å². The number of esters is 1. The number of hydrogen-bond acceptors (Lipinski definition) is 4. The van der Waals surface area contributed by atoms with E-state index in [0.29, 0.717) is 12.5 Å². The van der Waals surface area contributed by atoms with Gasteiger partial charge in [-0.3, -0.25) is 0 Å². The van der Waals surface area contributed by atoms with Crippen LogP contribution in [0.25, 0.3) is 0 Å². The lowest BCUT2D eigenvalue weighted by atomic mass is 9.72. The van der Waals surface area contributed by atoms with Gasteiger partial charge in [0.05, 0.1) is 6.61 Å². The second-order valence-corrected chi connectivity index (χ2v) is 5.73. The molecule has 4 heteroatoms. The highest BCUT2D eigenvalue weighted by atomic mass is 16.5. The van der Waals surface area contributed by atoms with Gasteiger partial charge in [-0.05, 0) is 50.9 Å². The zero-order valence-electron chi connectivity index (χ0n) is 12.0. The number of nitrogens with one attached hydrogen (secondary N) is 1. The van der Waals surface area contributed by atoms with Crippen LogP contribution in [0.2, 0.25) is 0 Å². The second kappa shape index (κ2) is 5.44. The average Bonchev–Trinajstić information content (AvgIpc) is 2.49. The predicted molar refractivity (Wildman–Crippen MR) is 78.6 cm³/mol. The van der Waals surface area contributed by atoms with Gasteiger partial charge >= 0.3 is 5.97 Å². The predicted octanol–water partition coefficient (Wildman–Crippen LogP) is 2.13. The van der Waals surface area contributed by atoms with E-state index in [0.717, 1.165) is 38.2 Å². The first-order valence-electron chi connectivity index (χ1n) is 7.47. The van der Waals surface area contributed by atoms with Crippen molar-refractivity contribution in [1.82, 2.24) is 4.90 Å². The van der Waals surface area contributed by atoms with Gasteiger partial charge in [0.2, 0.25) is 0 Å². The smallest absolute Gasteiger partial charge is 0.333 e. The molecule has 0 spiro atoms. The molecule has 3 fully saturated rings. The van der Waals surface area contributed by atoms with Crippen LogP contribution in [0.3, 0.4) is 0 Å². The minimum absolute atomic E-state index is 0.0988. The number of para-hydroxylation sites is 1. The standard InChI is InChI=1S/C16H22N2O2/c1-2-20-15(19)16(17-14-6-4-3-5-7-14)12-18-10-8-13(16)9-11-18/h3-7,13,17H,2,8-12H2,1H3. The van der Waals surface area contributed by atoms with Gasteiger partial charge in [-0.2, -0.15) is 0 Å². The molecule has 0 aliphatic carbocycles. The van der Waals surface area contributed by atoms with Gasteiger partial charge in [0.25, 0.3) is 0 Å². The number of anilines is 1. The fraction of sp³-hybridized carbons (Fsp3) is 0.562. The lowest BCUT2D eigenvalue weighted by Gasteiger charge is -2.52. The van der Waals surface area contributed by atoms with Crippen molar-refractivity contribution in [3.63, 3.8) is 0 Å². The molecule has 2 bridgehead atoms. The first-order chi connectivity index (χ1) is 9.74. The van der Waals surface area contributed by atoms with Crippen LogP contribution < -0.4 is 5.32 Å². The van der Waals surface area contributed by atoms with E-state index < -0.39 is 5.54 Å². The first kappa shape index (κ1) is 13.4. The highest BCUT2D eigenvalue weighted by molar-refractivity contribution is 5.86. The van der Waals surface area contributed by atoms with Crippen LogP contribution in [0.4, 0.5) is 5.69 Å². The summed E-state index contributed by atoms with van der Waals surface area (Å²) in [5.74, 6) is 0.269. The van der Waals surface area contributed by atoms with E-state index in [-0.39, 0.29) is 5.97 Å². The van der Waals surface area contributed by atoms with Gasteiger partial charge < -0.3 is 15.0 Å². The Bertz CT molecular complexity index is 469. The molecule has 3 aliphatic heterocycles. The van der Waals surface area contributed by atoms with Crippen LogP contribution >= 0.6 is 0 Å². The van der Waals surface area contributed by atoms with E-state index in [9.17, 15) is 4.79 Å². The zero-order valence-corrected chi connectivity index (χ0v) is 12.0. The fourth-order valence-corrected chi connectivity index (χ4v) is 3.53. The molecule has 1 aromatic carbocycles. The number of benzene rings is 1. The second-order valence-electron chi connectivity index (χ2n) is 5.73. The van der Waals surface area contributed by atoms with Crippen molar-refractivity contribution < 1.29 is 9.53 Å². The highest BCUT2D eigenvalue weighted by Gasteiger charge is 2.53. The molecule has 1 N–H and O–H groups in total. The van der Waals surface area contributed by atoms with Gasteiger partial charge in [-0.25, -0.2) is 4.79 Å². The lowest BCUT2D eigenvalue weighted by molar-refractivity contribution is -0.155. The Morgan fingerprint density at radius 1 is 1.35 bits per heavy atom. The molecule has 3 aliphatic rings. The normalized spacial score (nSPS) is 31.9. The minimum Gasteiger partial charge on any atom is -0.464 e. The number of rotatable bonds is 4. The molecule has 20 heavy (non-hydrogen) atoms. The Morgan fingerprint density at radius 3 is 2.60 bits per heavy atom. The van der Waals surface area contributed by atoms with Crippen molar-refractivity contribution in [1.29, 1.82) is 0 Å². The molecule has 108 valence electrons. The molecule has 0 amide bonds. The summed E-state index contributed by atoms with van der Waals surface area (Å²) in [7, 11) is 0. The topological polar surface area (TPSA) is 41.6 Å². The summed E-state index contributed by atoms with van der Waals surface area (Å²) in [5, 5.41) is 3.49. The molecule has 4 nitrogen and oxygen atoms in total. The summed E-state index contributed by atoms with van der Waals surface area (Å²) in [6.45, 7) is 5.26. The van der Waals surface area contributed by atoms with Gasteiger partial charge in [-0.1, -0.05) is 18.2 Å². The van der Waals surface area contributed by atoms with E-state index >= 15 is 0 Å². The average molecular weight is 274 g/mol. The molecular weight excluding hydrogens is 252 g/mol. The van der Waals surface area contributed by atoms with E-state index in [1.54, 1.807) is 0 Å². The number of ether oxygens (including phenoxy) is 1. The van der Waals surface area contributed by atoms with E-state index in [1.165, 1.54) is 0 Å². The van der Waals surface area contributed by atoms with Crippen molar-refractivity contribution in [2.45, 2.75) is 25.3 Å². The van der Waals surface area contributed by atoms with Crippen LogP contribution in [0.1, 0.15) is 19.8 Å². The van der Waals surface area contributed by atoms with Crippen molar-refractivity contribution in [3.8, 4) is 0 Å². The van der Waals surface area contributed by atoms with Crippen molar-refractivity contribution in [2.75, 3.05) is 31.6 Å². The first-order valence-corrected chi connectivity index (χ1v) is 7.47. The molecule has 3 saturated heterocycles. The number of carbonyl (C=O) groups excluding carboxylic acids is 1. The summed E-state index contributed by atoms with van der Waals surface area (Å²) in [6, 6.07) is 9.99. The Morgan fingerprint density at radius 2 is 2.05 bits per heavy atom. The third-order valence-corrected chi connectivity index (χ3v) is 4.54. The summed E-state index contributed by atoms with van der Waals surface area (Å²) < 4.78 is 5.38. The molecular formula is C16H22N2O2. The Hall–Kier alpha value is -1.55. The Balaban J connectivity index is 1.89. The van der Waals surface area contributed by atoms with Crippen molar-refractivity contribution in [3.05, 3.63) is 30.3 Å². The number of carbonyl (C=O) groups is 1. The van der Waals surface area contributed by atoms with E-state index in [1.807, 2.05) is 37.3 Å².